The molecule has 0 atom stereocenters. The standard InChI is InChI=1S/C16H15NO4S2/c18-15(17-16(19)14-3-1-8-22-14)10-23-11-4-5-12-13(9-11)21-7-2-6-20-12/h1,3-5,8-9H,2,6-7,10H2,(H,17,18,19). The number of carbonyl (C=O) groups excluding carboxylic acids is 2. The van der Waals surface area contributed by atoms with Gasteiger partial charge in [0.15, 0.2) is 11.5 Å². The van der Waals surface area contributed by atoms with E-state index in [0.29, 0.717) is 23.8 Å². The average Bonchev–Trinajstić information content (AvgIpc) is 2.99. The molecule has 1 N–H and O–H groups in total. The number of imide groups is 1. The molecule has 0 radical (unpaired) electrons. The fourth-order valence-corrected chi connectivity index (χ4v) is 3.36. The molecule has 2 heterocycles. The molecule has 1 aliphatic rings. The van der Waals surface area contributed by atoms with E-state index in [1.807, 2.05) is 18.2 Å². The highest BCUT2D eigenvalue weighted by molar-refractivity contribution is 8.00. The third-order valence-electron chi connectivity index (χ3n) is 3.09. The first-order chi connectivity index (χ1) is 11.2. The van der Waals surface area contributed by atoms with E-state index >= 15 is 0 Å². The summed E-state index contributed by atoms with van der Waals surface area (Å²) in [4.78, 5) is 25.1. The first-order valence-corrected chi connectivity index (χ1v) is 8.99. The van der Waals surface area contributed by atoms with E-state index in [9.17, 15) is 9.59 Å². The number of fused-ring (bicyclic) bond motifs is 1. The summed E-state index contributed by atoms with van der Waals surface area (Å²) < 4.78 is 11.2. The number of rotatable bonds is 4. The molecule has 120 valence electrons. The van der Waals surface area contributed by atoms with Crippen molar-refractivity contribution >= 4 is 34.9 Å². The Hall–Kier alpha value is -1.99. The minimum Gasteiger partial charge on any atom is -0.490 e. The van der Waals surface area contributed by atoms with Crippen LogP contribution in [0.25, 0.3) is 0 Å². The lowest BCUT2D eigenvalue weighted by Gasteiger charge is -2.09. The van der Waals surface area contributed by atoms with Gasteiger partial charge in [0.2, 0.25) is 5.91 Å². The third-order valence-corrected chi connectivity index (χ3v) is 4.95. The number of hydrogen-bond donors (Lipinski definition) is 1. The summed E-state index contributed by atoms with van der Waals surface area (Å²) in [7, 11) is 0. The first kappa shape index (κ1) is 15.9. The molecule has 0 saturated heterocycles. The van der Waals surface area contributed by atoms with Gasteiger partial charge in [0.05, 0.1) is 23.8 Å². The molecule has 2 amide bonds. The van der Waals surface area contributed by atoms with E-state index in [4.69, 9.17) is 9.47 Å². The van der Waals surface area contributed by atoms with Crippen molar-refractivity contribution in [3.63, 3.8) is 0 Å². The molecule has 1 aromatic heterocycles. The van der Waals surface area contributed by atoms with E-state index in [1.165, 1.54) is 23.1 Å². The predicted molar refractivity (Wildman–Crippen MR) is 89.6 cm³/mol. The summed E-state index contributed by atoms with van der Waals surface area (Å²) in [6.07, 6.45) is 0.852. The van der Waals surface area contributed by atoms with Crippen LogP contribution in [0.1, 0.15) is 16.1 Å². The molecule has 0 spiro atoms. The first-order valence-electron chi connectivity index (χ1n) is 7.12. The van der Waals surface area contributed by atoms with Gasteiger partial charge in [-0.25, -0.2) is 0 Å². The Morgan fingerprint density at radius 1 is 1.17 bits per heavy atom. The molecule has 1 aromatic carbocycles. The Balaban J connectivity index is 1.54. The number of nitrogens with one attached hydrogen (secondary N) is 1. The molecule has 0 bridgehead atoms. The summed E-state index contributed by atoms with van der Waals surface area (Å²) >= 11 is 2.65. The second-order valence-electron chi connectivity index (χ2n) is 4.80. The second-order valence-corrected chi connectivity index (χ2v) is 6.80. The number of thiophene rings is 1. The molecule has 0 aliphatic carbocycles. The largest absolute Gasteiger partial charge is 0.490 e. The summed E-state index contributed by atoms with van der Waals surface area (Å²) in [6, 6.07) is 9.05. The molecule has 0 saturated carbocycles. The SMILES string of the molecule is O=C(CSc1ccc2c(c1)OCCCO2)NC(=O)c1cccs1. The number of amides is 2. The molecule has 3 rings (SSSR count). The van der Waals surface area contributed by atoms with Crippen LogP contribution in [-0.4, -0.2) is 30.8 Å². The smallest absolute Gasteiger partial charge is 0.267 e. The number of benzene rings is 1. The maximum absolute atomic E-state index is 11.9. The van der Waals surface area contributed by atoms with Crippen molar-refractivity contribution in [3.8, 4) is 11.5 Å². The Morgan fingerprint density at radius 3 is 2.78 bits per heavy atom. The fourth-order valence-electron chi connectivity index (χ4n) is 2.01. The topological polar surface area (TPSA) is 64.6 Å². The van der Waals surface area contributed by atoms with Crippen LogP contribution in [0.4, 0.5) is 0 Å². The normalized spacial score (nSPS) is 13.2. The van der Waals surface area contributed by atoms with Gasteiger partial charge in [-0.2, -0.15) is 0 Å². The van der Waals surface area contributed by atoms with E-state index < -0.39 is 0 Å². The summed E-state index contributed by atoms with van der Waals surface area (Å²) in [6.45, 7) is 1.27. The Kier molecular flexibility index (Phi) is 5.19. The zero-order chi connectivity index (χ0) is 16.1. The molecule has 0 unspecified atom stereocenters. The quantitative estimate of drug-likeness (QED) is 0.860. The van der Waals surface area contributed by atoms with Crippen LogP contribution in [0.5, 0.6) is 11.5 Å². The van der Waals surface area contributed by atoms with Crippen LogP contribution in [-0.2, 0) is 4.79 Å². The van der Waals surface area contributed by atoms with Gasteiger partial charge in [-0.05, 0) is 29.6 Å². The highest BCUT2D eigenvalue weighted by atomic mass is 32.2. The second kappa shape index (κ2) is 7.52. The van der Waals surface area contributed by atoms with Gasteiger partial charge in [0.25, 0.3) is 5.91 Å². The Bertz CT molecular complexity index is 700. The van der Waals surface area contributed by atoms with E-state index in [1.54, 1.807) is 17.5 Å². The molecular formula is C16H15NO4S2. The van der Waals surface area contributed by atoms with Crippen molar-refractivity contribution in [1.82, 2.24) is 5.32 Å². The molecule has 7 heteroatoms. The predicted octanol–water partition coefficient (Wildman–Crippen LogP) is 2.96. The molecule has 1 aliphatic heterocycles. The fraction of sp³-hybridized carbons (Fsp3) is 0.250. The molecule has 5 nitrogen and oxygen atoms in total. The van der Waals surface area contributed by atoms with Gasteiger partial charge in [0.1, 0.15) is 0 Å². The minimum atomic E-state index is -0.357. The van der Waals surface area contributed by atoms with Gasteiger partial charge in [-0.3, -0.25) is 14.9 Å². The number of hydrogen-bond acceptors (Lipinski definition) is 6. The van der Waals surface area contributed by atoms with Crippen LogP contribution in [0.3, 0.4) is 0 Å². The maximum atomic E-state index is 11.9. The van der Waals surface area contributed by atoms with Crippen molar-refractivity contribution in [1.29, 1.82) is 0 Å². The molecule has 2 aromatic rings. The van der Waals surface area contributed by atoms with Crippen LogP contribution >= 0.6 is 23.1 Å². The van der Waals surface area contributed by atoms with Crippen molar-refractivity contribution in [3.05, 3.63) is 40.6 Å². The van der Waals surface area contributed by atoms with Crippen molar-refractivity contribution in [2.24, 2.45) is 0 Å². The Morgan fingerprint density at radius 2 is 2.00 bits per heavy atom. The van der Waals surface area contributed by atoms with Gasteiger partial charge in [-0.1, -0.05) is 6.07 Å². The third kappa shape index (κ3) is 4.27. The van der Waals surface area contributed by atoms with Gasteiger partial charge >= 0.3 is 0 Å². The summed E-state index contributed by atoms with van der Waals surface area (Å²) in [5, 5.41) is 4.18. The highest BCUT2D eigenvalue weighted by Gasteiger charge is 2.13. The lowest BCUT2D eigenvalue weighted by molar-refractivity contribution is -0.117. The van der Waals surface area contributed by atoms with Crippen LogP contribution in [0, 0.1) is 0 Å². The van der Waals surface area contributed by atoms with E-state index in [-0.39, 0.29) is 17.6 Å². The van der Waals surface area contributed by atoms with E-state index in [2.05, 4.69) is 5.32 Å². The number of carbonyl (C=O) groups is 2. The maximum Gasteiger partial charge on any atom is 0.267 e. The lowest BCUT2D eigenvalue weighted by atomic mass is 10.3. The molecular weight excluding hydrogens is 334 g/mol. The monoisotopic (exact) mass is 349 g/mol. The molecule has 23 heavy (non-hydrogen) atoms. The van der Waals surface area contributed by atoms with Gasteiger partial charge in [-0.15, -0.1) is 23.1 Å². The zero-order valence-electron chi connectivity index (χ0n) is 12.2. The van der Waals surface area contributed by atoms with Crippen molar-refractivity contribution < 1.29 is 19.1 Å². The van der Waals surface area contributed by atoms with Crippen LogP contribution in [0.15, 0.2) is 40.6 Å². The van der Waals surface area contributed by atoms with Crippen molar-refractivity contribution in [2.75, 3.05) is 19.0 Å². The summed E-state index contributed by atoms with van der Waals surface area (Å²) in [5.41, 5.74) is 0. The highest BCUT2D eigenvalue weighted by Crippen LogP contribution is 2.33. The summed E-state index contributed by atoms with van der Waals surface area (Å²) in [5.74, 6) is 0.910. The minimum absolute atomic E-state index is 0.163. The van der Waals surface area contributed by atoms with Gasteiger partial charge in [0, 0.05) is 11.3 Å². The van der Waals surface area contributed by atoms with Crippen molar-refractivity contribution in [2.45, 2.75) is 11.3 Å². The number of thioether (sulfide) groups is 1. The van der Waals surface area contributed by atoms with Gasteiger partial charge < -0.3 is 9.47 Å². The Labute approximate surface area is 142 Å². The van der Waals surface area contributed by atoms with E-state index in [0.717, 1.165) is 17.1 Å². The zero-order valence-corrected chi connectivity index (χ0v) is 13.9. The average molecular weight is 349 g/mol. The lowest BCUT2D eigenvalue weighted by Crippen LogP contribution is -2.31. The van der Waals surface area contributed by atoms with Crippen LogP contribution in [0.2, 0.25) is 0 Å². The van der Waals surface area contributed by atoms with Crippen LogP contribution < -0.4 is 14.8 Å². The number of ether oxygens (including phenoxy) is 2. The molecule has 0 fully saturated rings.